The number of carbonyl (C=O) groups is 1. The van der Waals surface area contributed by atoms with E-state index in [0.29, 0.717) is 47.9 Å². The first-order chi connectivity index (χ1) is 17.2. The van der Waals surface area contributed by atoms with Gasteiger partial charge in [-0.15, -0.1) is 5.10 Å². The second kappa shape index (κ2) is 9.38. The first-order valence-electron chi connectivity index (χ1n) is 11.2. The number of alkyl halides is 3. The lowest BCUT2D eigenvalue weighted by molar-refractivity contribution is -0.137. The maximum atomic E-state index is 13.1. The molecule has 1 aliphatic rings. The van der Waals surface area contributed by atoms with Crippen molar-refractivity contribution in [2.45, 2.75) is 31.5 Å². The Hall–Kier alpha value is -3.73. The van der Waals surface area contributed by atoms with Gasteiger partial charge in [-0.25, -0.2) is 9.67 Å². The highest BCUT2D eigenvalue weighted by Crippen LogP contribution is 2.30. The first kappa shape index (κ1) is 24.0. The number of halogens is 4. The van der Waals surface area contributed by atoms with E-state index in [1.807, 2.05) is 0 Å². The number of H-pyrrole nitrogens is 1. The van der Waals surface area contributed by atoms with Crippen molar-refractivity contribution in [1.82, 2.24) is 29.9 Å². The van der Waals surface area contributed by atoms with Crippen molar-refractivity contribution >= 4 is 28.7 Å². The van der Waals surface area contributed by atoms with Gasteiger partial charge >= 0.3 is 6.18 Å². The summed E-state index contributed by atoms with van der Waals surface area (Å²) < 4.78 is 40.6. The Morgan fingerprint density at radius 3 is 2.53 bits per heavy atom. The number of rotatable bonds is 4. The number of aromatic nitrogens is 5. The molecule has 2 aromatic heterocycles. The van der Waals surface area contributed by atoms with Gasteiger partial charge in [0, 0.05) is 29.6 Å². The SMILES string of the molecule is O=C(c1ccc(Cl)cc1)N1CCC(c2nc3c(nnn3Cc3cccc(C(F)(F)F)c3)c(=O)[nH]2)CC1. The lowest BCUT2D eigenvalue weighted by Crippen LogP contribution is -2.38. The van der Waals surface area contributed by atoms with Gasteiger partial charge in [-0.3, -0.25) is 9.59 Å². The topological polar surface area (TPSA) is 96.8 Å². The Labute approximate surface area is 207 Å². The largest absolute Gasteiger partial charge is 0.416 e. The number of piperidine rings is 1. The molecule has 0 saturated carbocycles. The molecule has 3 heterocycles. The highest BCUT2D eigenvalue weighted by Gasteiger charge is 2.30. The number of hydrogen-bond acceptors (Lipinski definition) is 5. The molecule has 1 amide bonds. The van der Waals surface area contributed by atoms with E-state index in [1.165, 1.54) is 10.7 Å². The summed E-state index contributed by atoms with van der Waals surface area (Å²) in [6, 6.07) is 11.6. The van der Waals surface area contributed by atoms with Crippen LogP contribution in [0, 0.1) is 0 Å². The van der Waals surface area contributed by atoms with Crippen LogP contribution in [-0.2, 0) is 12.7 Å². The van der Waals surface area contributed by atoms with Gasteiger partial charge in [0.25, 0.3) is 11.5 Å². The molecule has 186 valence electrons. The summed E-state index contributed by atoms with van der Waals surface area (Å²) in [6.45, 7) is 0.940. The molecule has 36 heavy (non-hydrogen) atoms. The van der Waals surface area contributed by atoms with E-state index in [0.717, 1.165) is 12.1 Å². The summed E-state index contributed by atoms with van der Waals surface area (Å²) in [5.41, 5.74) is -0.114. The van der Waals surface area contributed by atoms with Crippen LogP contribution in [0.1, 0.15) is 46.1 Å². The van der Waals surface area contributed by atoms with Gasteiger partial charge in [0.1, 0.15) is 5.82 Å². The molecule has 0 atom stereocenters. The lowest BCUT2D eigenvalue weighted by atomic mass is 9.95. The van der Waals surface area contributed by atoms with Crippen LogP contribution >= 0.6 is 11.6 Å². The third-order valence-corrected chi connectivity index (χ3v) is 6.49. The fourth-order valence-corrected chi connectivity index (χ4v) is 4.46. The fraction of sp³-hybridized carbons (Fsp3) is 0.292. The zero-order valence-electron chi connectivity index (χ0n) is 18.8. The molecule has 12 heteroatoms. The Bertz CT molecular complexity index is 1470. The van der Waals surface area contributed by atoms with E-state index in [2.05, 4.69) is 20.3 Å². The van der Waals surface area contributed by atoms with Crippen molar-refractivity contribution in [3.8, 4) is 0 Å². The van der Waals surface area contributed by atoms with Crippen LogP contribution in [0.5, 0.6) is 0 Å². The van der Waals surface area contributed by atoms with Gasteiger partial charge in [0.2, 0.25) is 0 Å². The van der Waals surface area contributed by atoms with E-state index in [9.17, 15) is 22.8 Å². The minimum absolute atomic E-state index is 0.0149. The second-order valence-corrected chi connectivity index (χ2v) is 9.08. The van der Waals surface area contributed by atoms with Gasteiger partial charge in [-0.1, -0.05) is 28.9 Å². The third kappa shape index (κ3) is 4.83. The number of carbonyl (C=O) groups excluding carboxylic acids is 1. The minimum atomic E-state index is -4.47. The van der Waals surface area contributed by atoms with Crippen LogP contribution in [-0.4, -0.2) is 48.9 Å². The van der Waals surface area contributed by atoms with Gasteiger partial charge in [-0.05, 0) is 54.8 Å². The standard InChI is InChI=1S/C24H20ClF3N6O2/c25-18-6-4-16(5-7-18)23(36)33-10-8-15(9-11-33)20-29-21-19(22(35)30-20)31-32-34(21)13-14-2-1-3-17(12-14)24(26,27)28/h1-7,12,15H,8-11,13H2,(H,29,30,35). The summed E-state index contributed by atoms with van der Waals surface area (Å²) >= 11 is 5.90. The number of nitrogens with zero attached hydrogens (tertiary/aromatic N) is 5. The quantitative estimate of drug-likeness (QED) is 0.437. The summed E-state index contributed by atoms with van der Waals surface area (Å²) in [6.07, 6.45) is -3.29. The molecule has 5 rings (SSSR count). The van der Waals surface area contributed by atoms with Crippen molar-refractivity contribution in [3.63, 3.8) is 0 Å². The Morgan fingerprint density at radius 2 is 1.83 bits per heavy atom. The molecule has 1 saturated heterocycles. The van der Waals surface area contributed by atoms with E-state index in [1.54, 1.807) is 35.2 Å². The molecule has 2 aromatic carbocycles. The minimum Gasteiger partial charge on any atom is -0.339 e. The normalized spacial score (nSPS) is 14.9. The molecule has 4 aromatic rings. The Balaban J connectivity index is 1.35. The van der Waals surface area contributed by atoms with Crippen LogP contribution in [0.3, 0.4) is 0 Å². The predicted octanol–water partition coefficient (Wildman–Crippen LogP) is 4.25. The molecule has 8 nitrogen and oxygen atoms in total. The van der Waals surface area contributed by atoms with Crippen molar-refractivity contribution < 1.29 is 18.0 Å². The Morgan fingerprint density at radius 1 is 1.11 bits per heavy atom. The molecule has 1 aliphatic heterocycles. The molecular weight excluding hydrogens is 497 g/mol. The van der Waals surface area contributed by atoms with Gasteiger partial charge in [0.05, 0.1) is 12.1 Å². The van der Waals surface area contributed by atoms with Crippen molar-refractivity contribution in [2.24, 2.45) is 0 Å². The maximum absolute atomic E-state index is 13.1. The molecule has 0 bridgehead atoms. The van der Waals surface area contributed by atoms with Crippen LogP contribution in [0.15, 0.2) is 53.3 Å². The molecule has 1 N–H and O–H groups in total. The number of likely N-dealkylation sites (tertiary alicyclic amines) is 1. The van der Waals surface area contributed by atoms with Crippen LogP contribution in [0.25, 0.3) is 11.2 Å². The highest BCUT2D eigenvalue weighted by atomic mass is 35.5. The van der Waals surface area contributed by atoms with Crippen LogP contribution in [0.2, 0.25) is 5.02 Å². The molecule has 0 spiro atoms. The second-order valence-electron chi connectivity index (χ2n) is 8.64. The number of amides is 1. The summed E-state index contributed by atoms with van der Waals surface area (Å²) in [7, 11) is 0. The third-order valence-electron chi connectivity index (χ3n) is 6.24. The van der Waals surface area contributed by atoms with E-state index in [-0.39, 0.29) is 29.5 Å². The predicted molar refractivity (Wildman–Crippen MR) is 126 cm³/mol. The zero-order valence-corrected chi connectivity index (χ0v) is 19.6. The zero-order chi connectivity index (χ0) is 25.4. The van der Waals surface area contributed by atoms with Crippen LogP contribution < -0.4 is 5.56 Å². The lowest BCUT2D eigenvalue weighted by Gasteiger charge is -2.31. The highest BCUT2D eigenvalue weighted by molar-refractivity contribution is 6.30. The van der Waals surface area contributed by atoms with Gasteiger partial charge in [0.15, 0.2) is 11.2 Å². The number of aromatic amines is 1. The Kier molecular flexibility index (Phi) is 6.25. The maximum Gasteiger partial charge on any atom is 0.416 e. The molecular formula is C24H20ClF3N6O2. The summed E-state index contributed by atoms with van der Waals surface area (Å²) in [5, 5.41) is 8.37. The molecule has 0 unspecified atom stereocenters. The molecule has 0 aliphatic carbocycles. The van der Waals surface area contributed by atoms with Crippen molar-refractivity contribution in [1.29, 1.82) is 0 Å². The van der Waals surface area contributed by atoms with Gasteiger partial charge < -0.3 is 9.88 Å². The number of nitrogens with one attached hydrogen (secondary N) is 1. The summed E-state index contributed by atoms with van der Waals surface area (Å²) in [5.74, 6) is 0.248. The van der Waals surface area contributed by atoms with E-state index >= 15 is 0 Å². The average molecular weight is 517 g/mol. The van der Waals surface area contributed by atoms with Gasteiger partial charge in [-0.2, -0.15) is 13.2 Å². The van der Waals surface area contributed by atoms with Crippen molar-refractivity contribution in [3.05, 3.63) is 86.4 Å². The molecule has 0 radical (unpaired) electrons. The molecule has 1 fully saturated rings. The fourth-order valence-electron chi connectivity index (χ4n) is 4.33. The number of benzene rings is 2. The van der Waals surface area contributed by atoms with Crippen LogP contribution in [0.4, 0.5) is 13.2 Å². The van der Waals surface area contributed by atoms with E-state index < -0.39 is 17.3 Å². The van der Waals surface area contributed by atoms with Crippen molar-refractivity contribution in [2.75, 3.05) is 13.1 Å². The number of fused-ring (bicyclic) bond motifs is 1. The monoisotopic (exact) mass is 516 g/mol. The average Bonchev–Trinajstić information content (AvgIpc) is 3.27. The number of hydrogen-bond donors (Lipinski definition) is 1. The van der Waals surface area contributed by atoms with E-state index in [4.69, 9.17) is 11.6 Å². The smallest absolute Gasteiger partial charge is 0.339 e. The first-order valence-corrected chi connectivity index (χ1v) is 11.6. The summed E-state index contributed by atoms with van der Waals surface area (Å²) in [4.78, 5) is 34.5.